The molecule has 0 radical (unpaired) electrons. The minimum Gasteiger partial charge on any atom is -0.357 e. The molecule has 1 heterocycles. The van der Waals surface area contributed by atoms with E-state index in [1.165, 1.54) is 0 Å². The molecule has 156 valence electrons. The highest BCUT2D eigenvalue weighted by molar-refractivity contribution is 14.0. The number of halogens is 1. The van der Waals surface area contributed by atoms with Crippen molar-refractivity contribution in [3.63, 3.8) is 0 Å². The van der Waals surface area contributed by atoms with Gasteiger partial charge in [0.1, 0.15) is 0 Å². The summed E-state index contributed by atoms with van der Waals surface area (Å²) >= 11 is 0. The van der Waals surface area contributed by atoms with Crippen LogP contribution in [0, 0.1) is 13.8 Å². The van der Waals surface area contributed by atoms with Crippen molar-refractivity contribution in [1.29, 1.82) is 0 Å². The average molecular weight is 520 g/mol. The molecule has 10 heteroatoms. The van der Waals surface area contributed by atoms with Crippen molar-refractivity contribution in [2.24, 2.45) is 12.0 Å². The lowest BCUT2D eigenvalue weighted by molar-refractivity contribution is 0.579. The first-order valence-corrected chi connectivity index (χ1v) is 10.4. The number of nitrogens with one attached hydrogen (secondary N) is 3. The number of hydrogen-bond donors (Lipinski definition) is 3. The molecule has 8 nitrogen and oxygen atoms in total. The van der Waals surface area contributed by atoms with Gasteiger partial charge in [-0.05, 0) is 44.0 Å². The number of aliphatic imine (C=N–C) groups is 1. The highest BCUT2D eigenvalue weighted by Gasteiger charge is 2.16. The zero-order valence-electron chi connectivity index (χ0n) is 16.7. The molecular formula is C18H29IN6O2S. The molecule has 0 saturated heterocycles. The van der Waals surface area contributed by atoms with E-state index in [0.717, 1.165) is 16.8 Å². The number of aromatic nitrogens is 2. The van der Waals surface area contributed by atoms with Crippen LogP contribution >= 0.6 is 24.0 Å². The van der Waals surface area contributed by atoms with Crippen LogP contribution in [-0.2, 0) is 23.6 Å². The maximum Gasteiger partial charge on any atom is 0.240 e. The van der Waals surface area contributed by atoms with Crippen LogP contribution in [-0.4, -0.2) is 43.8 Å². The number of hydrogen-bond acceptors (Lipinski definition) is 4. The second-order valence-corrected chi connectivity index (χ2v) is 7.97. The Hall–Kier alpha value is -1.66. The van der Waals surface area contributed by atoms with Crippen molar-refractivity contribution in [2.75, 3.05) is 19.6 Å². The van der Waals surface area contributed by atoms with Gasteiger partial charge in [-0.15, -0.1) is 24.0 Å². The summed E-state index contributed by atoms with van der Waals surface area (Å²) < 4.78 is 29.4. The topological polar surface area (TPSA) is 100 Å². The molecule has 2 aromatic rings. The van der Waals surface area contributed by atoms with Gasteiger partial charge >= 0.3 is 0 Å². The van der Waals surface area contributed by atoms with E-state index in [9.17, 15) is 8.42 Å². The Morgan fingerprint density at radius 1 is 1.18 bits per heavy atom. The molecular weight excluding hydrogens is 491 g/mol. The fourth-order valence-electron chi connectivity index (χ4n) is 2.50. The monoisotopic (exact) mass is 520 g/mol. The molecule has 0 aliphatic carbocycles. The third-order valence-electron chi connectivity index (χ3n) is 4.01. The number of benzene rings is 1. The molecule has 0 saturated carbocycles. The first kappa shape index (κ1) is 24.4. The Morgan fingerprint density at radius 2 is 1.93 bits per heavy atom. The van der Waals surface area contributed by atoms with Gasteiger partial charge in [0.25, 0.3) is 0 Å². The van der Waals surface area contributed by atoms with Gasteiger partial charge in [0, 0.05) is 32.9 Å². The lowest BCUT2D eigenvalue weighted by atomic mass is 10.2. The maximum absolute atomic E-state index is 12.5. The lowest BCUT2D eigenvalue weighted by Crippen LogP contribution is -2.41. The Labute approximate surface area is 184 Å². The summed E-state index contributed by atoms with van der Waals surface area (Å²) in [6.45, 7) is 7.52. The molecule has 1 aromatic heterocycles. The predicted molar refractivity (Wildman–Crippen MR) is 123 cm³/mol. The normalized spacial score (nSPS) is 11.8. The molecule has 0 aliphatic rings. The van der Waals surface area contributed by atoms with Gasteiger partial charge < -0.3 is 10.6 Å². The summed E-state index contributed by atoms with van der Waals surface area (Å²) in [5, 5.41) is 10.4. The van der Waals surface area contributed by atoms with Crippen LogP contribution in [0.4, 0.5) is 0 Å². The molecule has 0 fully saturated rings. The van der Waals surface area contributed by atoms with Crippen LogP contribution in [0.5, 0.6) is 0 Å². The number of aryl methyl sites for hydroxylation is 3. The first-order valence-electron chi connectivity index (χ1n) is 8.89. The summed E-state index contributed by atoms with van der Waals surface area (Å²) in [5.41, 5.74) is 2.63. The molecule has 1 aromatic carbocycles. The fourth-order valence-corrected chi connectivity index (χ4v) is 3.86. The second-order valence-electron chi connectivity index (χ2n) is 6.23. The zero-order valence-corrected chi connectivity index (χ0v) is 19.8. The van der Waals surface area contributed by atoms with Crippen molar-refractivity contribution in [2.45, 2.75) is 32.2 Å². The summed E-state index contributed by atoms with van der Waals surface area (Å²) in [4.78, 5) is 4.81. The number of nitrogens with zero attached hydrogens (tertiary/aromatic N) is 3. The fraction of sp³-hybridized carbons (Fsp3) is 0.444. The quantitative estimate of drug-likeness (QED) is 0.213. The van der Waals surface area contributed by atoms with E-state index in [4.69, 9.17) is 0 Å². The number of sulfonamides is 1. The zero-order chi connectivity index (χ0) is 19.9. The van der Waals surface area contributed by atoms with E-state index >= 15 is 0 Å². The molecule has 28 heavy (non-hydrogen) atoms. The van der Waals surface area contributed by atoms with Crippen LogP contribution < -0.4 is 15.4 Å². The van der Waals surface area contributed by atoms with Crippen molar-refractivity contribution >= 4 is 40.0 Å². The van der Waals surface area contributed by atoms with E-state index in [2.05, 4.69) is 25.4 Å². The van der Waals surface area contributed by atoms with Crippen molar-refractivity contribution in [3.8, 4) is 0 Å². The average Bonchev–Trinajstić information content (AvgIpc) is 3.03. The summed E-state index contributed by atoms with van der Waals surface area (Å²) in [6, 6.07) is 7.31. The number of rotatable bonds is 8. The summed E-state index contributed by atoms with van der Waals surface area (Å²) in [6.07, 6.45) is 1.73. The third kappa shape index (κ3) is 7.06. The predicted octanol–water partition coefficient (Wildman–Crippen LogP) is 1.69. The Balaban J connectivity index is 0.00000392. The molecule has 0 unspecified atom stereocenters. The van der Waals surface area contributed by atoms with Gasteiger partial charge in [-0.2, -0.15) is 5.10 Å². The maximum atomic E-state index is 12.5. The lowest BCUT2D eigenvalue weighted by Gasteiger charge is -2.13. The minimum absolute atomic E-state index is 0. The van der Waals surface area contributed by atoms with Crippen molar-refractivity contribution in [1.82, 2.24) is 25.1 Å². The highest BCUT2D eigenvalue weighted by atomic mass is 127. The molecule has 0 atom stereocenters. The highest BCUT2D eigenvalue weighted by Crippen LogP contribution is 2.16. The molecule has 0 bridgehead atoms. The Kier molecular flexibility index (Phi) is 9.90. The third-order valence-corrected chi connectivity index (χ3v) is 5.61. The first-order chi connectivity index (χ1) is 12.8. The number of guanidine groups is 1. The Morgan fingerprint density at radius 3 is 2.57 bits per heavy atom. The van der Waals surface area contributed by atoms with Crippen LogP contribution in [0.25, 0.3) is 0 Å². The Bertz CT molecular complexity index is 895. The van der Waals surface area contributed by atoms with Crippen LogP contribution in [0.15, 0.2) is 40.4 Å². The van der Waals surface area contributed by atoms with E-state index in [1.807, 2.05) is 39.1 Å². The van der Waals surface area contributed by atoms with E-state index in [1.54, 1.807) is 23.9 Å². The smallest absolute Gasteiger partial charge is 0.240 e. The molecule has 0 spiro atoms. The van der Waals surface area contributed by atoms with Gasteiger partial charge in [0.15, 0.2) is 5.96 Å². The van der Waals surface area contributed by atoms with Gasteiger partial charge in [-0.1, -0.05) is 12.1 Å². The van der Waals surface area contributed by atoms with Gasteiger partial charge in [0.2, 0.25) is 10.0 Å². The molecule has 0 amide bonds. The minimum atomic E-state index is -3.54. The summed E-state index contributed by atoms with van der Waals surface area (Å²) in [5.74, 6) is 0.629. The standard InChI is InChI=1S/C18H28N6O2S.HI/c1-5-19-18(21-13-16-8-9-22-24(16)4)20-10-11-23-27(25,26)17-12-14(2)6-7-15(17)3;/h6-9,12,23H,5,10-11,13H2,1-4H3,(H2,19,20,21);1H. The SMILES string of the molecule is CCNC(=NCc1ccnn1C)NCCNS(=O)(=O)c1cc(C)ccc1C.I. The van der Waals surface area contributed by atoms with Gasteiger partial charge in [-0.3, -0.25) is 4.68 Å². The second kappa shape index (κ2) is 11.4. The van der Waals surface area contributed by atoms with Crippen LogP contribution in [0.2, 0.25) is 0 Å². The molecule has 0 aliphatic heterocycles. The van der Waals surface area contributed by atoms with Crippen molar-refractivity contribution < 1.29 is 8.42 Å². The van der Waals surface area contributed by atoms with E-state index in [-0.39, 0.29) is 30.5 Å². The van der Waals surface area contributed by atoms with Gasteiger partial charge in [-0.25, -0.2) is 18.1 Å². The van der Waals surface area contributed by atoms with Gasteiger partial charge in [0.05, 0.1) is 17.1 Å². The summed E-state index contributed by atoms with van der Waals surface area (Å²) in [7, 11) is -1.67. The van der Waals surface area contributed by atoms with Crippen molar-refractivity contribution in [3.05, 3.63) is 47.3 Å². The van der Waals surface area contributed by atoms with E-state index in [0.29, 0.717) is 30.5 Å². The van der Waals surface area contributed by atoms with E-state index < -0.39 is 10.0 Å². The molecule has 2 rings (SSSR count). The van der Waals surface area contributed by atoms with Crippen LogP contribution in [0.1, 0.15) is 23.7 Å². The molecule has 3 N–H and O–H groups in total. The largest absolute Gasteiger partial charge is 0.357 e. The van der Waals surface area contributed by atoms with Crippen LogP contribution in [0.3, 0.4) is 0 Å².